The van der Waals surface area contributed by atoms with E-state index in [0.717, 1.165) is 10.0 Å². The highest BCUT2D eigenvalue weighted by molar-refractivity contribution is 9.10. The van der Waals surface area contributed by atoms with E-state index in [4.69, 9.17) is 0 Å². The van der Waals surface area contributed by atoms with Crippen LogP contribution in [-0.4, -0.2) is 5.91 Å². The second-order valence-electron chi connectivity index (χ2n) is 4.45. The van der Waals surface area contributed by atoms with Crippen LogP contribution in [0.15, 0.2) is 39.3 Å². The molecule has 2 aromatic carbocycles. The monoisotopic (exact) mass is 399 g/mol. The summed E-state index contributed by atoms with van der Waals surface area (Å²) >= 11 is 6.52. The van der Waals surface area contributed by atoms with Gasteiger partial charge in [-0.3, -0.25) is 4.79 Å². The molecule has 104 valence electrons. The summed E-state index contributed by atoms with van der Waals surface area (Å²) in [5.41, 5.74) is 2.71. The van der Waals surface area contributed by atoms with Crippen LogP contribution < -0.4 is 5.32 Å². The summed E-state index contributed by atoms with van der Waals surface area (Å²) in [5, 5.41) is 2.81. The van der Waals surface area contributed by atoms with Gasteiger partial charge in [0.15, 0.2) is 0 Å². The second kappa shape index (κ2) is 6.06. The molecule has 0 aromatic heterocycles. The molecule has 5 heteroatoms. The highest BCUT2D eigenvalue weighted by atomic mass is 79.9. The summed E-state index contributed by atoms with van der Waals surface area (Å²) in [6.07, 6.45) is 0. The maximum atomic E-state index is 13.4. The van der Waals surface area contributed by atoms with Gasteiger partial charge < -0.3 is 5.32 Å². The Labute approximate surface area is 133 Å². The Hall–Kier alpha value is -1.20. The Morgan fingerprint density at radius 2 is 1.85 bits per heavy atom. The Kier molecular flexibility index (Phi) is 4.60. The van der Waals surface area contributed by atoms with Gasteiger partial charge in [-0.15, -0.1) is 0 Å². The summed E-state index contributed by atoms with van der Waals surface area (Å²) in [6, 6.07) is 8.39. The van der Waals surface area contributed by atoms with Crippen molar-refractivity contribution in [2.45, 2.75) is 13.8 Å². The average Bonchev–Trinajstić information content (AvgIpc) is 2.39. The van der Waals surface area contributed by atoms with E-state index < -0.39 is 0 Å². The number of aryl methyl sites for hydroxylation is 1. The number of benzene rings is 2. The fourth-order valence-corrected chi connectivity index (χ4v) is 2.53. The van der Waals surface area contributed by atoms with Crippen LogP contribution in [0.1, 0.15) is 21.5 Å². The highest BCUT2D eigenvalue weighted by Gasteiger charge is 2.13. The lowest BCUT2D eigenvalue weighted by Crippen LogP contribution is -2.14. The van der Waals surface area contributed by atoms with Gasteiger partial charge in [-0.05, 0) is 65.2 Å². The van der Waals surface area contributed by atoms with E-state index in [9.17, 15) is 9.18 Å². The minimum Gasteiger partial charge on any atom is -0.322 e. The van der Waals surface area contributed by atoms with Crippen molar-refractivity contribution in [2.75, 3.05) is 5.32 Å². The Bertz CT molecular complexity index is 686. The normalized spacial score (nSPS) is 10.4. The molecule has 1 amide bonds. The Morgan fingerprint density at radius 1 is 1.15 bits per heavy atom. The van der Waals surface area contributed by atoms with Gasteiger partial charge in [0, 0.05) is 15.7 Å². The molecule has 1 N–H and O–H groups in total. The van der Waals surface area contributed by atoms with Crippen LogP contribution in [0.5, 0.6) is 0 Å². The molecule has 0 aliphatic heterocycles. The molecule has 0 fully saturated rings. The molecule has 0 saturated heterocycles. The number of hydrogen-bond donors (Lipinski definition) is 1. The van der Waals surface area contributed by atoms with Gasteiger partial charge in [0.2, 0.25) is 0 Å². The zero-order valence-corrected chi connectivity index (χ0v) is 14.1. The fourth-order valence-electron chi connectivity index (χ4n) is 1.82. The number of amides is 1. The molecule has 0 radical (unpaired) electrons. The van der Waals surface area contributed by atoms with Crippen LogP contribution in [0.25, 0.3) is 0 Å². The van der Waals surface area contributed by atoms with Gasteiger partial charge in [-0.2, -0.15) is 0 Å². The van der Waals surface area contributed by atoms with Crippen molar-refractivity contribution in [3.63, 3.8) is 0 Å². The second-order valence-corrected chi connectivity index (χ2v) is 6.16. The lowest BCUT2D eigenvalue weighted by Gasteiger charge is -2.11. The summed E-state index contributed by atoms with van der Waals surface area (Å²) in [7, 11) is 0. The summed E-state index contributed by atoms with van der Waals surface area (Å²) in [4.78, 5) is 12.3. The molecular formula is C15H12Br2FNO. The predicted molar refractivity (Wildman–Crippen MR) is 85.7 cm³/mol. The quantitative estimate of drug-likeness (QED) is 0.735. The molecule has 0 aliphatic rings. The smallest absolute Gasteiger partial charge is 0.255 e. The van der Waals surface area contributed by atoms with E-state index in [2.05, 4.69) is 37.2 Å². The number of hydrogen-bond acceptors (Lipinski definition) is 1. The molecule has 20 heavy (non-hydrogen) atoms. The predicted octanol–water partition coefficient (Wildman–Crippen LogP) is 5.22. The minimum absolute atomic E-state index is 0.217. The first-order valence-corrected chi connectivity index (χ1v) is 7.51. The van der Waals surface area contributed by atoms with E-state index >= 15 is 0 Å². The fraction of sp³-hybridized carbons (Fsp3) is 0.133. The molecule has 0 aliphatic carbocycles. The van der Waals surface area contributed by atoms with Crippen LogP contribution in [-0.2, 0) is 0 Å². The molecule has 2 aromatic rings. The van der Waals surface area contributed by atoms with Crippen LogP contribution in [0.3, 0.4) is 0 Å². The Balaban J connectivity index is 2.33. The van der Waals surface area contributed by atoms with E-state index in [-0.39, 0.29) is 11.7 Å². The topological polar surface area (TPSA) is 29.1 Å². The molecule has 0 saturated carbocycles. The van der Waals surface area contributed by atoms with Crippen LogP contribution in [0.4, 0.5) is 10.1 Å². The van der Waals surface area contributed by atoms with Gasteiger partial charge in [-0.25, -0.2) is 4.39 Å². The summed E-state index contributed by atoms with van der Waals surface area (Å²) < 4.78 is 14.6. The first-order chi connectivity index (χ1) is 9.40. The number of anilines is 1. The van der Waals surface area contributed by atoms with Crippen molar-refractivity contribution < 1.29 is 9.18 Å². The summed E-state index contributed by atoms with van der Waals surface area (Å²) in [5.74, 6) is -0.565. The third kappa shape index (κ3) is 3.10. The highest BCUT2D eigenvalue weighted by Crippen LogP contribution is 2.26. The summed E-state index contributed by atoms with van der Waals surface area (Å²) in [6.45, 7) is 3.62. The average molecular weight is 401 g/mol. The van der Waals surface area contributed by atoms with Crippen molar-refractivity contribution in [3.8, 4) is 0 Å². The lowest BCUT2D eigenvalue weighted by atomic mass is 10.1. The van der Waals surface area contributed by atoms with E-state index in [1.54, 1.807) is 25.1 Å². The lowest BCUT2D eigenvalue weighted by molar-refractivity contribution is 0.102. The maximum absolute atomic E-state index is 13.4. The first kappa shape index (κ1) is 15.2. The molecular weight excluding hydrogens is 389 g/mol. The zero-order chi connectivity index (χ0) is 14.9. The van der Waals surface area contributed by atoms with Crippen LogP contribution in [0.2, 0.25) is 0 Å². The van der Waals surface area contributed by atoms with E-state index in [1.165, 1.54) is 6.07 Å². The van der Waals surface area contributed by atoms with Gasteiger partial charge >= 0.3 is 0 Å². The van der Waals surface area contributed by atoms with Crippen molar-refractivity contribution in [1.82, 2.24) is 0 Å². The van der Waals surface area contributed by atoms with Gasteiger partial charge in [0.05, 0.1) is 4.47 Å². The first-order valence-electron chi connectivity index (χ1n) is 5.92. The van der Waals surface area contributed by atoms with Crippen molar-refractivity contribution >= 4 is 43.5 Å². The van der Waals surface area contributed by atoms with Crippen LogP contribution >= 0.6 is 31.9 Å². The minimum atomic E-state index is -0.348. The van der Waals surface area contributed by atoms with Gasteiger partial charge in [0.25, 0.3) is 5.91 Å². The van der Waals surface area contributed by atoms with Gasteiger partial charge in [-0.1, -0.05) is 22.0 Å². The molecule has 0 bridgehead atoms. The third-order valence-electron chi connectivity index (χ3n) is 3.03. The molecule has 0 unspecified atom stereocenters. The van der Waals surface area contributed by atoms with E-state index in [0.29, 0.717) is 21.3 Å². The number of nitrogens with one attached hydrogen (secondary N) is 1. The zero-order valence-electron chi connectivity index (χ0n) is 10.9. The maximum Gasteiger partial charge on any atom is 0.255 e. The molecule has 0 heterocycles. The number of carbonyl (C=O) groups is 1. The van der Waals surface area contributed by atoms with Crippen molar-refractivity contribution in [1.29, 1.82) is 0 Å². The molecule has 0 spiro atoms. The van der Waals surface area contributed by atoms with Crippen LogP contribution in [0, 0.1) is 19.7 Å². The third-order valence-corrected chi connectivity index (χ3v) is 4.49. The molecule has 0 atom stereocenters. The van der Waals surface area contributed by atoms with E-state index in [1.807, 2.05) is 13.0 Å². The number of carbonyl (C=O) groups excluding carboxylic acids is 1. The van der Waals surface area contributed by atoms with Crippen molar-refractivity contribution in [3.05, 3.63) is 61.8 Å². The number of halogens is 3. The molecule has 2 nitrogen and oxygen atoms in total. The molecule has 2 rings (SSSR count). The van der Waals surface area contributed by atoms with Gasteiger partial charge in [0.1, 0.15) is 5.82 Å². The van der Waals surface area contributed by atoms with Crippen molar-refractivity contribution in [2.24, 2.45) is 0 Å². The SMILES string of the molecule is Cc1cc(F)c(Br)cc1NC(=O)c1cccc(Br)c1C. The largest absolute Gasteiger partial charge is 0.322 e. The Morgan fingerprint density at radius 3 is 2.55 bits per heavy atom. The number of rotatable bonds is 2. The standard InChI is InChI=1S/C15H12Br2FNO/c1-8-6-13(18)12(17)7-14(8)19-15(20)10-4-3-5-11(16)9(10)2/h3-7H,1-2H3,(H,19,20).